The van der Waals surface area contributed by atoms with E-state index in [-0.39, 0.29) is 10.6 Å². The molecule has 0 aromatic heterocycles. The van der Waals surface area contributed by atoms with Gasteiger partial charge in [0.1, 0.15) is 12.4 Å². The molecule has 0 bridgehead atoms. The van der Waals surface area contributed by atoms with Gasteiger partial charge in [-0.15, -0.1) is 0 Å². The molecule has 0 spiro atoms. The third-order valence-electron chi connectivity index (χ3n) is 6.37. The number of hydrogen-bond donors (Lipinski definition) is 0. The quantitative estimate of drug-likeness (QED) is 0.167. The summed E-state index contributed by atoms with van der Waals surface area (Å²) < 4.78 is 33.6. The van der Waals surface area contributed by atoms with Crippen LogP contribution in [0.1, 0.15) is 22.3 Å². The average molecular weight is 528 g/mol. The number of sulfonamides is 1. The van der Waals surface area contributed by atoms with Crippen LogP contribution in [0.4, 0.5) is 11.4 Å². The molecule has 0 aliphatic carbocycles. The Morgan fingerprint density at radius 2 is 1.58 bits per heavy atom. The van der Waals surface area contributed by atoms with Gasteiger partial charge in [0, 0.05) is 31.4 Å². The van der Waals surface area contributed by atoms with Gasteiger partial charge in [0.2, 0.25) is 10.0 Å². The van der Waals surface area contributed by atoms with Crippen LogP contribution in [0.3, 0.4) is 0 Å². The van der Waals surface area contributed by atoms with Crippen LogP contribution >= 0.6 is 0 Å². The Hall–Kier alpha value is -4.34. The van der Waals surface area contributed by atoms with Crippen molar-refractivity contribution in [3.63, 3.8) is 0 Å². The van der Waals surface area contributed by atoms with E-state index in [1.807, 2.05) is 42.5 Å². The van der Waals surface area contributed by atoms with E-state index in [9.17, 15) is 18.5 Å². The Bertz CT molecular complexity index is 1570. The zero-order chi connectivity index (χ0) is 26.5. The molecule has 0 radical (unpaired) electrons. The third-order valence-corrected chi connectivity index (χ3v) is 8.22. The number of non-ortho nitro benzene ring substituents is 1. The van der Waals surface area contributed by atoms with Crippen molar-refractivity contribution in [2.24, 2.45) is 4.99 Å². The van der Waals surface area contributed by atoms with E-state index < -0.39 is 14.9 Å². The summed E-state index contributed by atoms with van der Waals surface area (Å²) in [6, 6.07) is 28.1. The van der Waals surface area contributed by atoms with Gasteiger partial charge in [-0.05, 0) is 89.3 Å². The molecule has 5 rings (SSSR count). The highest BCUT2D eigenvalue weighted by atomic mass is 32.2. The smallest absolute Gasteiger partial charge is 0.269 e. The Labute approximate surface area is 221 Å². The fourth-order valence-corrected chi connectivity index (χ4v) is 5.63. The van der Waals surface area contributed by atoms with E-state index in [0.29, 0.717) is 37.6 Å². The van der Waals surface area contributed by atoms with Gasteiger partial charge in [-0.1, -0.05) is 24.3 Å². The van der Waals surface area contributed by atoms with E-state index in [1.54, 1.807) is 42.6 Å². The Kier molecular flexibility index (Phi) is 7.30. The van der Waals surface area contributed by atoms with Crippen molar-refractivity contribution < 1.29 is 18.1 Å². The molecule has 4 aromatic rings. The van der Waals surface area contributed by atoms with Crippen molar-refractivity contribution in [3.05, 3.63) is 129 Å². The van der Waals surface area contributed by atoms with Crippen LogP contribution in [0, 0.1) is 10.1 Å². The molecule has 4 aromatic carbocycles. The van der Waals surface area contributed by atoms with Gasteiger partial charge >= 0.3 is 0 Å². The van der Waals surface area contributed by atoms with E-state index >= 15 is 0 Å². The van der Waals surface area contributed by atoms with Gasteiger partial charge in [0.05, 0.1) is 15.5 Å². The van der Waals surface area contributed by atoms with Crippen LogP contribution in [0.5, 0.6) is 5.75 Å². The SMILES string of the molecule is O=[N+]([O-])c1ccc(COc2ccc(C=Nc3ccc(S(=O)(=O)N4CCc5ccccc5C4)cc3)cc2)cc1. The van der Waals surface area contributed by atoms with Gasteiger partial charge in [0.25, 0.3) is 5.69 Å². The summed E-state index contributed by atoms with van der Waals surface area (Å²) in [6.07, 6.45) is 2.41. The van der Waals surface area contributed by atoms with Crippen molar-refractivity contribution in [2.45, 2.75) is 24.5 Å². The second kappa shape index (κ2) is 11.0. The maximum atomic E-state index is 13.2. The highest BCUT2D eigenvalue weighted by Crippen LogP contribution is 2.26. The topological polar surface area (TPSA) is 102 Å². The predicted molar refractivity (Wildman–Crippen MR) is 145 cm³/mol. The Morgan fingerprint density at radius 1 is 0.895 bits per heavy atom. The lowest BCUT2D eigenvalue weighted by Gasteiger charge is -2.28. The fraction of sp³-hybridized carbons (Fsp3) is 0.138. The molecule has 38 heavy (non-hydrogen) atoms. The molecule has 0 unspecified atom stereocenters. The monoisotopic (exact) mass is 527 g/mol. The first-order valence-electron chi connectivity index (χ1n) is 12.1. The number of benzene rings is 4. The number of fused-ring (bicyclic) bond motifs is 1. The number of hydrogen-bond acceptors (Lipinski definition) is 6. The van der Waals surface area contributed by atoms with Crippen LogP contribution < -0.4 is 4.74 Å². The Balaban J connectivity index is 1.18. The van der Waals surface area contributed by atoms with Crippen molar-refractivity contribution in [1.29, 1.82) is 0 Å². The first kappa shape index (κ1) is 25.3. The van der Waals surface area contributed by atoms with Gasteiger partial charge in [-0.2, -0.15) is 4.31 Å². The summed E-state index contributed by atoms with van der Waals surface area (Å²) in [5, 5.41) is 10.8. The minimum atomic E-state index is -3.59. The number of nitro groups is 1. The normalized spacial score (nSPS) is 13.8. The summed E-state index contributed by atoms with van der Waals surface area (Å²) in [4.78, 5) is 15.0. The van der Waals surface area contributed by atoms with E-state index in [1.165, 1.54) is 22.0 Å². The molecule has 1 aliphatic rings. The molecular weight excluding hydrogens is 502 g/mol. The second-order valence-electron chi connectivity index (χ2n) is 8.89. The van der Waals surface area contributed by atoms with Crippen molar-refractivity contribution in [1.82, 2.24) is 4.31 Å². The summed E-state index contributed by atoms with van der Waals surface area (Å²) in [7, 11) is -3.59. The molecule has 1 heterocycles. The van der Waals surface area contributed by atoms with Crippen molar-refractivity contribution >= 4 is 27.6 Å². The molecule has 0 amide bonds. The summed E-state index contributed by atoms with van der Waals surface area (Å²) >= 11 is 0. The van der Waals surface area contributed by atoms with E-state index in [4.69, 9.17) is 4.74 Å². The lowest BCUT2D eigenvalue weighted by molar-refractivity contribution is -0.384. The Morgan fingerprint density at radius 3 is 2.26 bits per heavy atom. The maximum absolute atomic E-state index is 13.2. The second-order valence-corrected chi connectivity index (χ2v) is 10.8. The molecular formula is C29H25N3O5S. The van der Waals surface area contributed by atoms with E-state index in [2.05, 4.69) is 11.1 Å². The van der Waals surface area contributed by atoms with Crippen molar-refractivity contribution in [2.75, 3.05) is 6.54 Å². The molecule has 0 N–H and O–H groups in total. The molecule has 9 heteroatoms. The zero-order valence-corrected chi connectivity index (χ0v) is 21.3. The average Bonchev–Trinajstić information content (AvgIpc) is 2.95. The number of aliphatic imine (C=N–C) groups is 1. The standard InChI is InChI=1S/C29H25N3O5S/c33-32(34)27-11-5-23(6-12-27)21-37-28-13-7-22(8-14-28)19-30-26-9-15-29(16-10-26)38(35,36)31-18-17-24-3-1-2-4-25(24)20-31/h1-16,19H,17-18,20-21H2. The maximum Gasteiger partial charge on any atom is 0.269 e. The number of nitrogens with zero attached hydrogens (tertiary/aromatic N) is 3. The molecule has 8 nitrogen and oxygen atoms in total. The first-order valence-corrected chi connectivity index (χ1v) is 13.5. The fourth-order valence-electron chi connectivity index (χ4n) is 4.21. The number of ether oxygens (including phenoxy) is 1. The predicted octanol–water partition coefficient (Wildman–Crippen LogP) is 5.67. The zero-order valence-electron chi connectivity index (χ0n) is 20.4. The van der Waals surface area contributed by atoms with Crippen molar-refractivity contribution in [3.8, 4) is 5.75 Å². The molecule has 0 fully saturated rings. The largest absolute Gasteiger partial charge is 0.489 e. The minimum absolute atomic E-state index is 0.0433. The molecule has 192 valence electrons. The van der Waals surface area contributed by atoms with E-state index in [0.717, 1.165) is 16.7 Å². The van der Waals surface area contributed by atoms with Gasteiger partial charge < -0.3 is 4.74 Å². The lowest BCUT2D eigenvalue weighted by Crippen LogP contribution is -2.35. The lowest BCUT2D eigenvalue weighted by atomic mass is 10.0. The summed E-state index contributed by atoms with van der Waals surface area (Å²) in [5.41, 5.74) is 4.63. The molecule has 0 saturated heterocycles. The minimum Gasteiger partial charge on any atom is -0.489 e. The summed E-state index contributed by atoms with van der Waals surface area (Å²) in [6.45, 7) is 1.14. The molecule has 1 aliphatic heterocycles. The van der Waals surface area contributed by atoms with Gasteiger partial charge in [0.15, 0.2) is 0 Å². The van der Waals surface area contributed by atoms with Gasteiger partial charge in [-0.25, -0.2) is 8.42 Å². The van der Waals surface area contributed by atoms with Crippen LogP contribution in [0.25, 0.3) is 0 Å². The highest BCUT2D eigenvalue weighted by molar-refractivity contribution is 7.89. The highest BCUT2D eigenvalue weighted by Gasteiger charge is 2.28. The van der Waals surface area contributed by atoms with Crippen LogP contribution in [0.15, 0.2) is 107 Å². The van der Waals surface area contributed by atoms with Gasteiger partial charge in [-0.3, -0.25) is 15.1 Å². The summed E-state index contributed by atoms with van der Waals surface area (Å²) in [5.74, 6) is 0.662. The van der Waals surface area contributed by atoms with Crippen LogP contribution in [-0.2, 0) is 29.6 Å². The third kappa shape index (κ3) is 5.80. The number of rotatable bonds is 8. The number of nitro benzene ring substituents is 1. The van der Waals surface area contributed by atoms with Crippen LogP contribution in [0.2, 0.25) is 0 Å². The first-order chi connectivity index (χ1) is 18.4. The van der Waals surface area contributed by atoms with Crippen LogP contribution in [-0.4, -0.2) is 30.4 Å². The molecule has 0 saturated carbocycles. The molecule has 0 atom stereocenters.